The SMILES string of the molecule is C=CCOc1ccccc1C(C)(C)C1=CCC=C1. The summed E-state index contributed by atoms with van der Waals surface area (Å²) in [6.07, 6.45) is 9.51. The molecule has 1 nitrogen and oxygen atoms in total. The molecule has 0 saturated carbocycles. The van der Waals surface area contributed by atoms with Gasteiger partial charge in [0.05, 0.1) is 0 Å². The minimum atomic E-state index is -0.0231. The van der Waals surface area contributed by atoms with Gasteiger partial charge in [-0.05, 0) is 18.1 Å². The number of benzene rings is 1. The Morgan fingerprint density at radius 2 is 2.11 bits per heavy atom. The van der Waals surface area contributed by atoms with Gasteiger partial charge in [-0.25, -0.2) is 0 Å². The fraction of sp³-hybridized carbons (Fsp3) is 0.294. The Morgan fingerprint density at radius 1 is 1.33 bits per heavy atom. The molecular formula is C17H20O. The van der Waals surface area contributed by atoms with Crippen molar-refractivity contribution < 1.29 is 4.74 Å². The van der Waals surface area contributed by atoms with Crippen LogP contribution >= 0.6 is 0 Å². The van der Waals surface area contributed by atoms with E-state index < -0.39 is 0 Å². The summed E-state index contributed by atoms with van der Waals surface area (Å²) in [6, 6.07) is 8.25. The van der Waals surface area contributed by atoms with Crippen molar-refractivity contribution in [1.82, 2.24) is 0 Å². The van der Waals surface area contributed by atoms with Crippen LogP contribution in [-0.2, 0) is 5.41 Å². The van der Waals surface area contributed by atoms with Crippen molar-refractivity contribution in [1.29, 1.82) is 0 Å². The summed E-state index contributed by atoms with van der Waals surface area (Å²) in [5.41, 5.74) is 2.56. The lowest BCUT2D eigenvalue weighted by Crippen LogP contribution is -2.20. The summed E-state index contributed by atoms with van der Waals surface area (Å²) >= 11 is 0. The summed E-state index contributed by atoms with van der Waals surface area (Å²) in [4.78, 5) is 0. The zero-order valence-electron chi connectivity index (χ0n) is 11.1. The number of rotatable bonds is 5. The Balaban J connectivity index is 2.36. The second kappa shape index (κ2) is 5.26. The van der Waals surface area contributed by atoms with Crippen LogP contribution in [0.25, 0.3) is 0 Å². The van der Waals surface area contributed by atoms with E-state index in [1.807, 2.05) is 12.1 Å². The standard InChI is InChI=1S/C17H20O/c1-4-13-18-16-12-8-7-11-15(16)17(2,3)14-9-5-6-10-14/h4-5,7-12H,1,6,13H2,2-3H3. The molecule has 1 aliphatic rings. The van der Waals surface area contributed by atoms with E-state index in [9.17, 15) is 0 Å². The van der Waals surface area contributed by atoms with Crippen molar-refractivity contribution in [3.05, 3.63) is 66.3 Å². The van der Waals surface area contributed by atoms with E-state index in [4.69, 9.17) is 4.74 Å². The van der Waals surface area contributed by atoms with Gasteiger partial charge in [0, 0.05) is 11.0 Å². The summed E-state index contributed by atoms with van der Waals surface area (Å²) in [5.74, 6) is 0.948. The maximum Gasteiger partial charge on any atom is 0.123 e. The van der Waals surface area contributed by atoms with Gasteiger partial charge in [-0.1, -0.05) is 62.9 Å². The molecule has 0 atom stereocenters. The molecule has 0 amide bonds. The maximum absolute atomic E-state index is 5.76. The lowest BCUT2D eigenvalue weighted by atomic mass is 9.77. The Labute approximate surface area is 109 Å². The maximum atomic E-state index is 5.76. The smallest absolute Gasteiger partial charge is 0.123 e. The monoisotopic (exact) mass is 240 g/mol. The normalized spacial score (nSPS) is 14.4. The van der Waals surface area contributed by atoms with Gasteiger partial charge < -0.3 is 4.74 Å². The van der Waals surface area contributed by atoms with Crippen LogP contribution in [0.5, 0.6) is 5.75 Å². The molecule has 0 fully saturated rings. The van der Waals surface area contributed by atoms with Crippen LogP contribution in [0.3, 0.4) is 0 Å². The third-order valence-electron chi connectivity index (χ3n) is 3.41. The van der Waals surface area contributed by atoms with Crippen LogP contribution in [0, 0.1) is 0 Å². The number of hydrogen-bond donors (Lipinski definition) is 0. The number of ether oxygens (including phenoxy) is 1. The van der Waals surface area contributed by atoms with Crippen molar-refractivity contribution in [3.63, 3.8) is 0 Å². The van der Waals surface area contributed by atoms with Crippen molar-refractivity contribution in [2.24, 2.45) is 0 Å². The van der Waals surface area contributed by atoms with Crippen LogP contribution in [0.1, 0.15) is 25.8 Å². The first-order valence-electron chi connectivity index (χ1n) is 6.36. The Hall–Kier alpha value is -1.76. The molecule has 18 heavy (non-hydrogen) atoms. The predicted octanol–water partition coefficient (Wildman–Crippen LogP) is 4.42. The Morgan fingerprint density at radius 3 is 2.78 bits per heavy atom. The quantitative estimate of drug-likeness (QED) is 0.692. The molecule has 2 rings (SSSR count). The predicted molar refractivity (Wildman–Crippen MR) is 77.0 cm³/mol. The summed E-state index contributed by atoms with van der Waals surface area (Å²) in [7, 11) is 0. The molecule has 0 aliphatic heterocycles. The van der Waals surface area contributed by atoms with Crippen LogP contribution < -0.4 is 4.74 Å². The van der Waals surface area contributed by atoms with Crippen molar-refractivity contribution in [3.8, 4) is 5.75 Å². The summed E-state index contributed by atoms with van der Waals surface area (Å²) < 4.78 is 5.76. The Kier molecular flexibility index (Phi) is 3.71. The van der Waals surface area contributed by atoms with Gasteiger partial charge in [0.25, 0.3) is 0 Å². The van der Waals surface area contributed by atoms with E-state index in [1.54, 1.807) is 6.08 Å². The van der Waals surface area contributed by atoms with Crippen LogP contribution in [0.2, 0.25) is 0 Å². The highest BCUT2D eigenvalue weighted by atomic mass is 16.5. The fourth-order valence-electron chi connectivity index (χ4n) is 2.33. The van der Waals surface area contributed by atoms with Crippen molar-refractivity contribution >= 4 is 0 Å². The summed E-state index contributed by atoms with van der Waals surface area (Å²) in [5, 5.41) is 0. The molecule has 0 unspecified atom stereocenters. The van der Waals surface area contributed by atoms with E-state index in [2.05, 4.69) is 50.8 Å². The minimum absolute atomic E-state index is 0.0231. The zero-order chi connectivity index (χ0) is 13.0. The van der Waals surface area contributed by atoms with Gasteiger partial charge in [0.1, 0.15) is 12.4 Å². The van der Waals surface area contributed by atoms with E-state index >= 15 is 0 Å². The molecular weight excluding hydrogens is 220 g/mol. The average molecular weight is 240 g/mol. The highest BCUT2D eigenvalue weighted by Crippen LogP contribution is 2.39. The second-order valence-corrected chi connectivity index (χ2v) is 5.02. The van der Waals surface area contributed by atoms with Gasteiger partial charge in [-0.3, -0.25) is 0 Å². The largest absolute Gasteiger partial charge is 0.489 e. The fourth-order valence-corrected chi connectivity index (χ4v) is 2.33. The lowest BCUT2D eigenvalue weighted by molar-refractivity contribution is 0.353. The first-order valence-corrected chi connectivity index (χ1v) is 6.36. The van der Waals surface area contributed by atoms with Crippen LogP contribution in [-0.4, -0.2) is 6.61 Å². The zero-order valence-corrected chi connectivity index (χ0v) is 11.1. The molecule has 1 aromatic carbocycles. The van der Waals surface area contributed by atoms with Gasteiger partial charge in [0.15, 0.2) is 0 Å². The van der Waals surface area contributed by atoms with Gasteiger partial charge in [-0.2, -0.15) is 0 Å². The third-order valence-corrected chi connectivity index (χ3v) is 3.41. The van der Waals surface area contributed by atoms with Gasteiger partial charge in [-0.15, -0.1) is 0 Å². The molecule has 0 radical (unpaired) electrons. The molecule has 0 saturated heterocycles. The molecule has 0 bridgehead atoms. The number of hydrogen-bond acceptors (Lipinski definition) is 1. The Bertz CT molecular complexity index is 492. The van der Waals surface area contributed by atoms with Crippen molar-refractivity contribution in [2.75, 3.05) is 6.61 Å². The average Bonchev–Trinajstić information content (AvgIpc) is 2.91. The second-order valence-electron chi connectivity index (χ2n) is 5.02. The molecule has 0 heterocycles. The minimum Gasteiger partial charge on any atom is -0.489 e. The van der Waals surface area contributed by atoms with E-state index in [0.717, 1.165) is 12.2 Å². The molecule has 0 spiro atoms. The van der Waals surface area contributed by atoms with Crippen LogP contribution in [0.4, 0.5) is 0 Å². The summed E-state index contributed by atoms with van der Waals surface area (Å²) in [6.45, 7) is 8.72. The highest BCUT2D eigenvalue weighted by Gasteiger charge is 2.28. The van der Waals surface area contributed by atoms with E-state index in [0.29, 0.717) is 6.61 Å². The highest BCUT2D eigenvalue weighted by molar-refractivity contribution is 5.48. The van der Waals surface area contributed by atoms with Crippen LogP contribution in [0.15, 0.2) is 60.7 Å². The van der Waals surface area contributed by atoms with Gasteiger partial charge in [0.2, 0.25) is 0 Å². The molecule has 1 aromatic rings. The number of allylic oxidation sites excluding steroid dienone is 4. The molecule has 1 aliphatic carbocycles. The number of para-hydroxylation sites is 1. The lowest BCUT2D eigenvalue weighted by Gasteiger charge is -2.28. The van der Waals surface area contributed by atoms with Crippen molar-refractivity contribution in [2.45, 2.75) is 25.7 Å². The molecule has 1 heteroatoms. The first kappa shape index (κ1) is 12.7. The molecule has 94 valence electrons. The molecule has 0 aromatic heterocycles. The topological polar surface area (TPSA) is 9.23 Å². The van der Waals surface area contributed by atoms with E-state index in [1.165, 1.54) is 11.1 Å². The first-order chi connectivity index (χ1) is 8.66. The molecule has 0 N–H and O–H groups in total. The third kappa shape index (κ3) is 2.40. The van der Waals surface area contributed by atoms with E-state index in [-0.39, 0.29) is 5.41 Å². The van der Waals surface area contributed by atoms with Gasteiger partial charge >= 0.3 is 0 Å².